The largest absolute Gasteiger partial charge is 0.378 e. The molecule has 2 aromatic rings. The van der Waals surface area contributed by atoms with Crippen LogP contribution in [0.1, 0.15) is 5.56 Å². The van der Waals surface area contributed by atoms with Crippen molar-refractivity contribution in [1.29, 1.82) is 0 Å². The molecule has 0 amide bonds. The number of nitrogens with one attached hydrogen (secondary N) is 1. The lowest BCUT2D eigenvalue weighted by Crippen LogP contribution is -2.02. The van der Waals surface area contributed by atoms with Gasteiger partial charge < -0.3 is 5.32 Å². The standard InChI is InChI=1S/C13H9Br2ClFN/c14-10-2-1-3-12(17)13(10)18-7-8-4-5-9(16)6-11(8)15/h1-6,18H,7H2. The number of para-hydroxylation sites is 1. The van der Waals surface area contributed by atoms with Gasteiger partial charge in [-0.15, -0.1) is 0 Å². The van der Waals surface area contributed by atoms with E-state index < -0.39 is 0 Å². The molecule has 0 aliphatic heterocycles. The Morgan fingerprint density at radius 2 is 1.89 bits per heavy atom. The topological polar surface area (TPSA) is 12.0 Å². The second kappa shape index (κ2) is 6.04. The van der Waals surface area contributed by atoms with Gasteiger partial charge in [-0.05, 0) is 45.8 Å². The number of anilines is 1. The van der Waals surface area contributed by atoms with Crippen molar-refractivity contribution in [2.24, 2.45) is 0 Å². The molecule has 0 radical (unpaired) electrons. The molecule has 2 rings (SSSR count). The Kier molecular flexibility index (Phi) is 4.65. The molecule has 0 saturated carbocycles. The van der Waals surface area contributed by atoms with Crippen LogP contribution in [0.4, 0.5) is 10.1 Å². The van der Waals surface area contributed by atoms with Crippen LogP contribution >= 0.6 is 43.5 Å². The summed E-state index contributed by atoms with van der Waals surface area (Å²) in [6.07, 6.45) is 0. The maximum atomic E-state index is 13.6. The summed E-state index contributed by atoms with van der Waals surface area (Å²) in [6, 6.07) is 10.4. The van der Waals surface area contributed by atoms with Crippen molar-refractivity contribution < 1.29 is 4.39 Å². The SMILES string of the molecule is Fc1cccc(Br)c1NCc1ccc(Cl)cc1Br. The molecule has 0 fully saturated rings. The summed E-state index contributed by atoms with van der Waals surface area (Å²) >= 11 is 12.6. The van der Waals surface area contributed by atoms with E-state index in [9.17, 15) is 4.39 Å². The van der Waals surface area contributed by atoms with Gasteiger partial charge in [0.1, 0.15) is 5.82 Å². The maximum Gasteiger partial charge on any atom is 0.147 e. The zero-order valence-electron chi connectivity index (χ0n) is 9.18. The second-order valence-electron chi connectivity index (χ2n) is 3.69. The Morgan fingerprint density at radius 1 is 1.11 bits per heavy atom. The van der Waals surface area contributed by atoms with Gasteiger partial charge in [0.25, 0.3) is 0 Å². The van der Waals surface area contributed by atoms with Crippen molar-refractivity contribution in [3.8, 4) is 0 Å². The molecule has 1 N–H and O–H groups in total. The molecule has 0 spiro atoms. The smallest absolute Gasteiger partial charge is 0.147 e. The molecule has 1 nitrogen and oxygen atoms in total. The summed E-state index contributed by atoms with van der Waals surface area (Å²) in [5, 5.41) is 3.73. The summed E-state index contributed by atoms with van der Waals surface area (Å²) in [6.45, 7) is 0.511. The highest BCUT2D eigenvalue weighted by atomic mass is 79.9. The fraction of sp³-hybridized carbons (Fsp3) is 0.0769. The van der Waals surface area contributed by atoms with E-state index in [1.54, 1.807) is 18.2 Å². The van der Waals surface area contributed by atoms with Crippen molar-refractivity contribution in [2.45, 2.75) is 6.54 Å². The van der Waals surface area contributed by atoms with E-state index >= 15 is 0 Å². The lowest BCUT2D eigenvalue weighted by atomic mass is 10.2. The van der Waals surface area contributed by atoms with Gasteiger partial charge in [-0.3, -0.25) is 0 Å². The van der Waals surface area contributed by atoms with Gasteiger partial charge in [0.05, 0.1) is 5.69 Å². The minimum atomic E-state index is -0.283. The fourth-order valence-electron chi connectivity index (χ4n) is 1.52. The Morgan fingerprint density at radius 3 is 2.56 bits per heavy atom. The quantitative estimate of drug-likeness (QED) is 0.714. The predicted molar refractivity (Wildman–Crippen MR) is 80.6 cm³/mol. The van der Waals surface area contributed by atoms with Crippen LogP contribution in [0.25, 0.3) is 0 Å². The van der Waals surface area contributed by atoms with Crippen molar-refractivity contribution >= 4 is 49.1 Å². The van der Waals surface area contributed by atoms with Crippen LogP contribution in [0.5, 0.6) is 0 Å². The van der Waals surface area contributed by atoms with Crippen molar-refractivity contribution in [3.63, 3.8) is 0 Å². The molecular formula is C13H9Br2ClFN. The monoisotopic (exact) mass is 391 g/mol. The van der Waals surface area contributed by atoms with Crippen LogP contribution in [0, 0.1) is 5.82 Å². The highest BCUT2D eigenvalue weighted by Gasteiger charge is 2.07. The van der Waals surface area contributed by atoms with Gasteiger partial charge in [0, 0.05) is 20.5 Å². The summed E-state index contributed by atoms with van der Waals surface area (Å²) in [7, 11) is 0. The first-order chi connectivity index (χ1) is 8.58. The van der Waals surface area contributed by atoms with Crippen LogP contribution in [0.2, 0.25) is 5.02 Å². The molecule has 94 valence electrons. The Bertz CT molecular complexity index is 555. The van der Waals surface area contributed by atoms with Crippen LogP contribution in [-0.2, 0) is 6.54 Å². The van der Waals surface area contributed by atoms with Gasteiger partial charge >= 0.3 is 0 Å². The number of hydrogen-bond acceptors (Lipinski definition) is 1. The first-order valence-electron chi connectivity index (χ1n) is 5.20. The predicted octanol–water partition coefficient (Wildman–Crippen LogP) is 5.62. The Hall–Kier alpha value is -0.580. The van der Waals surface area contributed by atoms with E-state index in [2.05, 4.69) is 37.2 Å². The molecule has 0 aliphatic rings. The highest BCUT2D eigenvalue weighted by Crippen LogP contribution is 2.27. The van der Waals surface area contributed by atoms with E-state index in [0.29, 0.717) is 21.7 Å². The molecule has 0 aliphatic carbocycles. The zero-order valence-corrected chi connectivity index (χ0v) is 13.1. The van der Waals surface area contributed by atoms with E-state index in [0.717, 1.165) is 10.0 Å². The first kappa shape index (κ1) is 13.8. The molecule has 5 heteroatoms. The minimum absolute atomic E-state index is 0.283. The molecular weight excluding hydrogens is 384 g/mol. The summed E-state index contributed by atoms with van der Waals surface area (Å²) in [5.74, 6) is -0.283. The normalized spacial score (nSPS) is 10.4. The molecule has 18 heavy (non-hydrogen) atoms. The number of benzene rings is 2. The van der Waals surface area contributed by atoms with E-state index in [-0.39, 0.29) is 5.82 Å². The average molecular weight is 393 g/mol. The van der Waals surface area contributed by atoms with Crippen LogP contribution in [0.15, 0.2) is 45.3 Å². The van der Waals surface area contributed by atoms with Gasteiger partial charge in [-0.2, -0.15) is 0 Å². The molecule has 0 saturated heterocycles. The zero-order chi connectivity index (χ0) is 13.1. The van der Waals surface area contributed by atoms with Crippen LogP contribution in [-0.4, -0.2) is 0 Å². The molecule has 0 bridgehead atoms. The average Bonchev–Trinajstić information content (AvgIpc) is 2.31. The van der Waals surface area contributed by atoms with Crippen LogP contribution < -0.4 is 5.32 Å². The molecule has 2 aromatic carbocycles. The first-order valence-corrected chi connectivity index (χ1v) is 7.16. The molecule has 0 unspecified atom stereocenters. The maximum absolute atomic E-state index is 13.6. The highest BCUT2D eigenvalue weighted by molar-refractivity contribution is 9.11. The Balaban J connectivity index is 2.16. The van der Waals surface area contributed by atoms with E-state index in [1.165, 1.54) is 6.07 Å². The lowest BCUT2D eigenvalue weighted by molar-refractivity contribution is 0.629. The second-order valence-corrected chi connectivity index (χ2v) is 5.83. The molecule has 0 heterocycles. The van der Waals surface area contributed by atoms with Gasteiger partial charge in [-0.25, -0.2) is 4.39 Å². The third kappa shape index (κ3) is 3.25. The van der Waals surface area contributed by atoms with Crippen LogP contribution in [0.3, 0.4) is 0 Å². The molecule has 0 atom stereocenters. The minimum Gasteiger partial charge on any atom is -0.378 e. The summed E-state index contributed by atoms with van der Waals surface area (Å²) in [4.78, 5) is 0. The molecule has 0 aromatic heterocycles. The van der Waals surface area contributed by atoms with Gasteiger partial charge in [-0.1, -0.05) is 39.7 Å². The third-order valence-corrected chi connectivity index (χ3v) is 4.07. The number of rotatable bonds is 3. The van der Waals surface area contributed by atoms with E-state index in [4.69, 9.17) is 11.6 Å². The Labute approximate surface area is 127 Å². The van der Waals surface area contributed by atoms with E-state index in [1.807, 2.05) is 12.1 Å². The van der Waals surface area contributed by atoms with Gasteiger partial charge in [0.2, 0.25) is 0 Å². The summed E-state index contributed by atoms with van der Waals surface area (Å²) < 4.78 is 15.2. The summed E-state index contributed by atoms with van der Waals surface area (Å²) in [5.41, 5.74) is 1.47. The van der Waals surface area contributed by atoms with Gasteiger partial charge in [0.15, 0.2) is 0 Å². The van der Waals surface area contributed by atoms with Crippen molar-refractivity contribution in [1.82, 2.24) is 0 Å². The third-order valence-electron chi connectivity index (χ3n) is 2.43. The van der Waals surface area contributed by atoms with Crippen molar-refractivity contribution in [3.05, 3.63) is 61.7 Å². The number of halogens is 4. The van der Waals surface area contributed by atoms with Crippen molar-refractivity contribution in [2.75, 3.05) is 5.32 Å². The fourth-order valence-corrected chi connectivity index (χ4v) is 2.82. The lowest BCUT2D eigenvalue weighted by Gasteiger charge is -2.11. The number of hydrogen-bond donors (Lipinski definition) is 1.